The molecule has 0 radical (unpaired) electrons. The van der Waals surface area contributed by atoms with Crippen LogP contribution in [0.4, 0.5) is 0 Å². The van der Waals surface area contributed by atoms with Crippen LogP contribution in [-0.4, -0.2) is 45.4 Å². The molecule has 0 spiro atoms. The van der Waals surface area contributed by atoms with Gasteiger partial charge in [-0.15, -0.1) is 0 Å². The van der Waals surface area contributed by atoms with Gasteiger partial charge in [0, 0.05) is 6.21 Å². The molecule has 0 aliphatic carbocycles. The van der Waals surface area contributed by atoms with Crippen LogP contribution in [0.15, 0.2) is 35.3 Å². The third kappa shape index (κ3) is 6.75. The van der Waals surface area contributed by atoms with Crippen molar-refractivity contribution in [1.82, 2.24) is 0 Å². The summed E-state index contributed by atoms with van der Waals surface area (Å²) in [7, 11) is 1.89. The van der Waals surface area contributed by atoms with Gasteiger partial charge in [0.15, 0.2) is 23.0 Å². The number of aliphatic imine (C=N–C) groups is 1. The molecule has 10 heteroatoms. The minimum Gasteiger partial charge on any atom is -0.493 e. The van der Waals surface area contributed by atoms with Gasteiger partial charge in [0.2, 0.25) is 0 Å². The molecule has 0 fully saturated rings. The standard InChI is InChI=1S/C20H23NO4.ClHO4/c1-22-17-6-5-13(8-18(17)23-2)7-16-9-14-10-19(24-3)20(25-4)11-15(14)12-21-16;2-1(3,4)5/h5-6,8,10-12,16H,7,9H2,1-4H3;(H,2,3,4,5). The van der Waals surface area contributed by atoms with E-state index in [1.165, 1.54) is 11.1 Å². The van der Waals surface area contributed by atoms with E-state index < -0.39 is 10.2 Å². The van der Waals surface area contributed by atoms with Crippen molar-refractivity contribution < 1.29 is 47.8 Å². The van der Waals surface area contributed by atoms with Gasteiger partial charge in [0.1, 0.15) is 0 Å². The molecule has 1 atom stereocenters. The molecule has 2 aromatic carbocycles. The third-order valence-electron chi connectivity index (χ3n) is 4.44. The van der Waals surface area contributed by atoms with E-state index in [0.717, 1.165) is 41.4 Å². The minimum absolute atomic E-state index is 0.184. The van der Waals surface area contributed by atoms with Crippen molar-refractivity contribution in [2.45, 2.75) is 18.9 Å². The van der Waals surface area contributed by atoms with Crippen LogP contribution in [-0.2, 0) is 12.8 Å². The van der Waals surface area contributed by atoms with E-state index in [9.17, 15) is 0 Å². The van der Waals surface area contributed by atoms with E-state index in [-0.39, 0.29) is 6.04 Å². The minimum atomic E-state index is -4.69. The lowest BCUT2D eigenvalue weighted by Crippen LogP contribution is -2.58. The highest BCUT2D eigenvalue weighted by atomic mass is 35.7. The van der Waals surface area contributed by atoms with Crippen molar-refractivity contribution in [3.63, 3.8) is 0 Å². The zero-order valence-electron chi connectivity index (χ0n) is 17.1. The molecular formula is C20H24ClNO8. The maximum Gasteiger partial charge on any atom is 0.161 e. The molecule has 1 heterocycles. The van der Waals surface area contributed by atoms with E-state index in [0.29, 0.717) is 0 Å². The van der Waals surface area contributed by atoms with Crippen LogP contribution < -0.4 is 32.9 Å². The first kappa shape index (κ1) is 23.7. The van der Waals surface area contributed by atoms with Gasteiger partial charge in [0.25, 0.3) is 0 Å². The van der Waals surface area contributed by atoms with Gasteiger partial charge in [0.05, 0.1) is 49.4 Å². The Morgan fingerprint density at radius 1 is 0.900 bits per heavy atom. The van der Waals surface area contributed by atoms with Gasteiger partial charge in [-0.1, -0.05) is 6.07 Å². The lowest BCUT2D eigenvalue weighted by atomic mass is 9.93. The van der Waals surface area contributed by atoms with Crippen LogP contribution in [0, 0.1) is 10.2 Å². The average molecular weight is 442 g/mol. The number of methoxy groups -OCH3 is 4. The summed E-state index contributed by atoms with van der Waals surface area (Å²) >= 11 is 0. The Morgan fingerprint density at radius 2 is 1.43 bits per heavy atom. The number of ether oxygens (including phenoxy) is 4. The monoisotopic (exact) mass is 441 g/mol. The second kappa shape index (κ2) is 10.5. The highest BCUT2D eigenvalue weighted by Gasteiger charge is 2.19. The van der Waals surface area contributed by atoms with E-state index in [2.05, 4.69) is 6.07 Å². The summed E-state index contributed by atoms with van der Waals surface area (Å²) < 4.78 is 54.2. The Bertz CT molecular complexity index is 876. The zero-order valence-corrected chi connectivity index (χ0v) is 17.8. The van der Waals surface area contributed by atoms with Gasteiger partial charge >= 0.3 is 0 Å². The highest BCUT2D eigenvalue weighted by molar-refractivity contribution is 5.84. The summed E-state index contributed by atoms with van der Waals surface area (Å²) in [5.41, 5.74) is 3.48. The summed E-state index contributed by atoms with van der Waals surface area (Å²) in [4.78, 5) is 4.70. The fraction of sp³-hybridized carbons (Fsp3) is 0.350. The maximum absolute atomic E-state index is 8.60. The number of hydrogen-bond donors (Lipinski definition) is 1. The van der Waals surface area contributed by atoms with Gasteiger partial charge < -0.3 is 18.9 Å². The molecule has 0 amide bonds. The van der Waals surface area contributed by atoms with Crippen molar-refractivity contribution in [3.05, 3.63) is 47.0 Å². The van der Waals surface area contributed by atoms with Gasteiger partial charge in [-0.3, -0.25) is 4.99 Å². The normalized spacial score (nSPS) is 14.9. The maximum atomic E-state index is 8.60. The first-order chi connectivity index (χ1) is 14.2. The Labute approximate surface area is 176 Å². The number of hydrogen-bond acceptors (Lipinski definition) is 9. The van der Waals surface area contributed by atoms with Crippen molar-refractivity contribution in [2.24, 2.45) is 4.99 Å². The molecule has 0 saturated heterocycles. The average Bonchev–Trinajstić information content (AvgIpc) is 2.71. The van der Waals surface area contributed by atoms with Gasteiger partial charge in [-0.2, -0.15) is 14.0 Å². The second-order valence-electron chi connectivity index (χ2n) is 6.33. The molecule has 1 unspecified atom stereocenters. The van der Waals surface area contributed by atoms with Crippen molar-refractivity contribution in [2.75, 3.05) is 28.4 Å². The molecule has 9 nitrogen and oxygen atoms in total. The molecule has 30 heavy (non-hydrogen) atoms. The summed E-state index contributed by atoms with van der Waals surface area (Å²) in [6, 6.07) is 10.2. The van der Waals surface area contributed by atoms with Crippen LogP contribution in [0.2, 0.25) is 0 Å². The smallest absolute Gasteiger partial charge is 0.161 e. The first-order valence-electron chi connectivity index (χ1n) is 8.80. The predicted octanol–water partition coefficient (Wildman–Crippen LogP) is -0.817. The van der Waals surface area contributed by atoms with Crippen LogP contribution in [0.25, 0.3) is 0 Å². The molecular weight excluding hydrogens is 418 g/mol. The van der Waals surface area contributed by atoms with Crippen molar-refractivity contribution in [1.29, 1.82) is 0 Å². The van der Waals surface area contributed by atoms with Gasteiger partial charge in [-0.05, 0) is 53.8 Å². The lowest BCUT2D eigenvalue weighted by molar-refractivity contribution is -1.92. The molecule has 1 aliphatic rings. The zero-order chi connectivity index (χ0) is 22.3. The highest BCUT2D eigenvalue weighted by Crippen LogP contribution is 2.33. The van der Waals surface area contributed by atoms with E-state index >= 15 is 0 Å². The molecule has 3 rings (SSSR count). The molecule has 0 saturated carbocycles. The summed E-state index contributed by atoms with van der Waals surface area (Å²) in [5.74, 6) is 2.96. The Hall–Kier alpha value is -2.56. The fourth-order valence-electron chi connectivity index (χ4n) is 3.13. The fourth-order valence-corrected chi connectivity index (χ4v) is 3.13. The number of fused-ring (bicyclic) bond motifs is 1. The largest absolute Gasteiger partial charge is 0.493 e. The molecule has 2 aromatic rings. The van der Waals surface area contributed by atoms with E-state index in [4.69, 9.17) is 42.6 Å². The van der Waals surface area contributed by atoms with E-state index in [1.807, 2.05) is 30.5 Å². The van der Waals surface area contributed by atoms with E-state index in [1.54, 1.807) is 28.4 Å². The first-order valence-corrected chi connectivity index (χ1v) is 10.1. The van der Waals surface area contributed by atoms with Crippen molar-refractivity contribution >= 4 is 6.21 Å². The SMILES string of the molecule is COc1ccc(CC2Cc3cc(OC)c(OC)cc3C=N2)cc1OC.[O-][Cl+3]([O-])([O-])O. The summed E-state index contributed by atoms with van der Waals surface area (Å²) in [6.45, 7) is 0. The predicted molar refractivity (Wildman–Crippen MR) is 100 cm³/mol. The Morgan fingerprint density at radius 3 is 2.00 bits per heavy atom. The lowest BCUT2D eigenvalue weighted by Gasteiger charge is -2.21. The summed E-state index contributed by atoms with van der Waals surface area (Å²) in [5, 5.41) is 0. The molecule has 164 valence electrons. The van der Waals surface area contributed by atoms with Crippen LogP contribution in [0.5, 0.6) is 23.0 Å². The molecule has 0 aromatic heterocycles. The van der Waals surface area contributed by atoms with Gasteiger partial charge in [-0.25, -0.2) is 0 Å². The molecule has 1 N–H and O–H groups in total. The molecule has 1 aliphatic heterocycles. The number of nitrogens with zero attached hydrogens (tertiary/aromatic N) is 1. The van der Waals surface area contributed by atoms with Crippen LogP contribution in [0.1, 0.15) is 16.7 Å². The quantitative estimate of drug-likeness (QED) is 0.613. The van der Waals surface area contributed by atoms with Crippen LogP contribution in [0.3, 0.4) is 0 Å². The third-order valence-corrected chi connectivity index (χ3v) is 4.44. The summed E-state index contributed by atoms with van der Waals surface area (Å²) in [6.07, 6.45) is 3.62. The topological polar surface area (TPSA) is 139 Å². The Balaban J connectivity index is 0.000000575. The number of halogens is 1. The number of benzene rings is 2. The second-order valence-corrected chi connectivity index (χ2v) is 7.12. The van der Waals surface area contributed by atoms with Crippen LogP contribution >= 0.6 is 0 Å². The Kier molecular flexibility index (Phi) is 8.27. The number of rotatable bonds is 6. The van der Waals surface area contributed by atoms with Crippen molar-refractivity contribution in [3.8, 4) is 23.0 Å². The molecule has 0 bridgehead atoms.